The van der Waals surface area contributed by atoms with Crippen molar-refractivity contribution in [2.24, 2.45) is 12.8 Å². The van der Waals surface area contributed by atoms with Gasteiger partial charge in [0.15, 0.2) is 0 Å². The van der Waals surface area contributed by atoms with Gasteiger partial charge in [-0.05, 0) is 25.1 Å². The van der Waals surface area contributed by atoms with Gasteiger partial charge in [0.05, 0.1) is 17.0 Å². The molecule has 33 heavy (non-hydrogen) atoms. The van der Waals surface area contributed by atoms with E-state index in [0.717, 1.165) is 11.3 Å². The first kappa shape index (κ1) is 22.7. The first-order valence-corrected chi connectivity index (χ1v) is 11.9. The molecule has 1 aliphatic rings. The minimum absolute atomic E-state index is 0.00937. The molecule has 0 radical (unpaired) electrons. The largest absolute Gasteiger partial charge is 0.364 e. The van der Waals surface area contributed by atoms with Gasteiger partial charge in [-0.3, -0.25) is 14.6 Å². The molecule has 4 rings (SSSR count). The maximum atomic E-state index is 13.1. The number of piperazine rings is 1. The zero-order valence-corrected chi connectivity index (χ0v) is 19.2. The van der Waals surface area contributed by atoms with E-state index in [1.54, 1.807) is 24.9 Å². The van der Waals surface area contributed by atoms with Gasteiger partial charge in [-0.1, -0.05) is 30.3 Å². The van der Waals surface area contributed by atoms with Gasteiger partial charge in [0.2, 0.25) is 10.0 Å². The van der Waals surface area contributed by atoms with Crippen molar-refractivity contribution in [3.05, 3.63) is 71.7 Å². The number of nitrogens with two attached hydrogens (primary N) is 1. The van der Waals surface area contributed by atoms with Gasteiger partial charge in [-0.15, -0.1) is 0 Å². The number of benzene rings is 1. The van der Waals surface area contributed by atoms with Crippen LogP contribution in [-0.2, 0) is 17.1 Å². The van der Waals surface area contributed by atoms with E-state index in [2.05, 4.69) is 4.98 Å². The lowest BCUT2D eigenvalue weighted by Gasteiger charge is -2.34. The highest BCUT2D eigenvalue weighted by molar-refractivity contribution is 7.89. The maximum absolute atomic E-state index is 13.1. The second kappa shape index (κ2) is 8.80. The molecule has 1 aliphatic heterocycles. The summed E-state index contributed by atoms with van der Waals surface area (Å²) >= 11 is 0. The molecule has 1 fully saturated rings. The molecule has 1 aromatic carbocycles. The molecule has 2 amide bonds. The SMILES string of the molecule is Cc1nc(-c2ccccc2)ccc1C(=O)N1CCN(S(=O)(=O)c2cc(C(N)=O)n(C)c2)CC1. The van der Waals surface area contributed by atoms with Gasteiger partial charge in [0, 0.05) is 45.0 Å². The summed E-state index contributed by atoms with van der Waals surface area (Å²) in [5, 5.41) is 0. The Kier molecular flexibility index (Phi) is 6.05. The number of aryl methyl sites for hydroxylation is 2. The third-order valence-electron chi connectivity index (χ3n) is 5.78. The lowest BCUT2D eigenvalue weighted by atomic mass is 10.1. The summed E-state index contributed by atoms with van der Waals surface area (Å²) in [6, 6.07) is 14.6. The second-order valence-electron chi connectivity index (χ2n) is 7.93. The molecule has 2 N–H and O–H groups in total. The Morgan fingerprint density at radius 2 is 1.67 bits per heavy atom. The topological polar surface area (TPSA) is 119 Å². The van der Waals surface area contributed by atoms with Crippen LogP contribution in [0.5, 0.6) is 0 Å². The number of carbonyl (C=O) groups is 2. The Bertz CT molecular complexity index is 1310. The summed E-state index contributed by atoms with van der Waals surface area (Å²) in [5.74, 6) is -0.871. The summed E-state index contributed by atoms with van der Waals surface area (Å²) in [4.78, 5) is 30.8. The fourth-order valence-corrected chi connectivity index (χ4v) is 5.42. The number of carbonyl (C=O) groups excluding carboxylic acids is 2. The van der Waals surface area contributed by atoms with Crippen molar-refractivity contribution in [2.75, 3.05) is 26.2 Å². The number of hydrogen-bond donors (Lipinski definition) is 1. The van der Waals surface area contributed by atoms with Crippen LogP contribution in [0, 0.1) is 6.92 Å². The van der Waals surface area contributed by atoms with Gasteiger partial charge >= 0.3 is 0 Å². The third kappa shape index (κ3) is 4.39. The maximum Gasteiger partial charge on any atom is 0.265 e. The van der Waals surface area contributed by atoms with Crippen molar-refractivity contribution < 1.29 is 18.0 Å². The van der Waals surface area contributed by atoms with E-state index >= 15 is 0 Å². The average Bonchev–Trinajstić information content (AvgIpc) is 3.22. The Morgan fingerprint density at radius 3 is 2.24 bits per heavy atom. The van der Waals surface area contributed by atoms with E-state index in [9.17, 15) is 18.0 Å². The van der Waals surface area contributed by atoms with Gasteiger partial charge in [-0.2, -0.15) is 4.31 Å². The Hall–Kier alpha value is -3.50. The molecule has 0 atom stereocenters. The van der Waals surface area contributed by atoms with Crippen LogP contribution in [0.25, 0.3) is 11.3 Å². The normalized spacial score (nSPS) is 14.9. The fourth-order valence-electron chi connectivity index (χ4n) is 3.93. The Morgan fingerprint density at radius 1 is 1.00 bits per heavy atom. The van der Waals surface area contributed by atoms with Crippen LogP contribution in [-0.4, -0.2) is 65.2 Å². The van der Waals surface area contributed by atoms with Crippen LogP contribution >= 0.6 is 0 Å². The van der Waals surface area contributed by atoms with Crippen LogP contribution in [0.1, 0.15) is 26.5 Å². The summed E-state index contributed by atoms with van der Waals surface area (Å²) < 4.78 is 28.7. The number of pyridine rings is 1. The van der Waals surface area contributed by atoms with Crippen LogP contribution in [0.4, 0.5) is 0 Å². The lowest BCUT2D eigenvalue weighted by molar-refractivity contribution is 0.0696. The minimum atomic E-state index is -3.80. The minimum Gasteiger partial charge on any atom is -0.364 e. The van der Waals surface area contributed by atoms with Crippen LogP contribution in [0.3, 0.4) is 0 Å². The predicted molar refractivity (Wildman–Crippen MR) is 123 cm³/mol. The van der Waals surface area contributed by atoms with Crippen LogP contribution < -0.4 is 5.73 Å². The van der Waals surface area contributed by atoms with Gasteiger partial charge in [0.25, 0.3) is 11.8 Å². The number of amides is 2. The molecular weight excluding hydrogens is 442 g/mol. The van der Waals surface area contributed by atoms with Crippen LogP contribution in [0.15, 0.2) is 59.6 Å². The third-order valence-corrected chi connectivity index (χ3v) is 7.65. The quantitative estimate of drug-likeness (QED) is 0.612. The number of sulfonamides is 1. The fraction of sp³-hybridized carbons (Fsp3) is 0.261. The predicted octanol–water partition coefficient (Wildman–Crippen LogP) is 1.64. The number of aromatic nitrogens is 2. The monoisotopic (exact) mass is 467 g/mol. The number of nitrogens with zero attached hydrogens (tertiary/aromatic N) is 4. The van der Waals surface area contributed by atoms with Gasteiger partial charge < -0.3 is 15.2 Å². The molecule has 9 nitrogen and oxygen atoms in total. The second-order valence-corrected chi connectivity index (χ2v) is 9.87. The highest BCUT2D eigenvalue weighted by atomic mass is 32.2. The van der Waals surface area contributed by atoms with Gasteiger partial charge in [0.1, 0.15) is 10.6 Å². The highest BCUT2D eigenvalue weighted by Crippen LogP contribution is 2.22. The van der Waals surface area contributed by atoms with E-state index in [1.807, 2.05) is 36.4 Å². The summed E-state index contributed by atoms with van der Waals surface area (Å²) in [6.07, 6.45) is 1.37. The molecule has 0 aliphatic carbocycles. The highest BCUT2D eigenvalue weighted by Gasteiger charge is 2.32. The van der Waals surface area contributed by atoms with Gasteiger partial charge in [-0.25, -0.2) is 8.42 Å². The molecule has 172 valence electrons. The summed E-state index contributed by atoms with van der Waals surface area (Å²) in [5.41, 5.74) is 8.30. The van der Waals surface area contributed by atoms with E-state index in [-0.39, 0.29) is 42.7 Å². The summed E-state index contributed by atoms with van der Waals surface area (Å²) in [6.45, 7) is 2.62. The number of primary amides is 1. The van der Waals surface area contributed by atoms with Crippen LogP contribution in [0.2, 0.25) is 0 Å². The molecule has 0 unspecified atom stereocenters. The summed E-state index contributed by atoms with van der Waals surface area (Å²) in [7, 11) is -2.24. The Labute approximate surface area is 192 Å². The van der Waals surface area contributed by atoms with E-state index in [1.165, 1.54) is 21.1 Å². The van der Waals surface area contributed by atoms with E-state index in [0.29, 0.717) is 11.3 Å². The standard InChI is InChI=1S/C23H25N5O4S/c1-16-19(8-9-20(25-16)17-6-4-3-5-7-17)23(30)27-10-12-28(13-11-27)33(31,32)18-14-21(22(24)29)26(2)15-18/h3-9,14-15H,10-13H2,1-2H3,(H2,24,29). The average molecular weight is 468 g/mol. The molecular formula is C23H25N5O4S. The Balaban J connectivity index is 1.46. The lowest BCUT2D eigenvalue weighted by Crippen LogP contribution is -2.50. The first-order valence-electron chi connectivity index (χ1n) is 10.5. The molecule has 3 aromatic rings. The van der Waals surface area contributed by atoms with Crippen molar-refractivity contribution in [1.29, 1.82) is 0 Å². The zero-order chi connectivity index (χ0) is 23.8. The molecule has 3 heterocycles. The molecule has 0 bridgehead atoms. The molecule has 0 saturated carbocycles. The van der Waals surface area contributed by atoms with Crippen molar-refractivity contribution in [3.63, 3.8) is 0 Å². The smallest absolute Gasteiger partial charge is 0.265 e. The van der Waals surface area contributed by atoms with E-state index < -0.39 is 15.9 Å². The number of rotatable bonds is 5. The van der Waals surface area contributed by atoms with Crippen molar-refractivity contribution in [1.82, 2.24) is 18.8 Å². The van der Waals surface area contributed by atoms with Crippen molar-refractivity contribution in [3.8, 4) is 11.3 Å². The molecule has 10 heteroatoms. The number of hydrogen-bond acceptors (Lipinski definition) is 5. The van der Waals surface area contributed by atoms with Crippen molar-refractivity contribution in [2.45, 2.75) is 11.8 Å². The van der Waals surface area contributed by atoms with E-state index in [4.69, 9.17) is 5.73 Å². The van der Waals surface area contributed by atoms with Crippen molar-refractivity contribution >= 4 is 21.8 Å². The molecule has 1 saturated heterocycles. The molecule has 2 aromatic heterocycles. The zero-order valence-electron chi connectivity index (χ0n) is 18.4. The molecule has 0 spiro atoms. The first-order chi connectivity index (χ1) is 15.7.